The summed E-state index contributed by atoms with van der Waals surface area (Å²) in [5.74, 6) is 2.36. The first-order chi connectivity index (χ1) is 16.2. The number of benzene rings is 3. The molecule has 0 bridgehead atoms. The van der Waals surface area contributed by atoms with E-state index in [0.29, 0.717) is 17.7 Å². The Morgan fingerprint density at radius 1 is 1.03 bits per heavy atom. The molecule has 1 aliphatic carbocycles. The van der Waals surface area contributed by atoms with Crippen molar-refractivity contribution in [2.45, 2.75) is 44.5 Å². The fourth-order valence-electron chi connectivity index (χ4n) is 4.06. The van der Waals surface area contributed by atoms with Gasteiger partial charge in [0.05, 0.1) is 16.9 Å². The number of fused-ring (bicyclic) bond motifs is 1. The molecule has 1 amide bonds. The summed E-state index contributed by atoms with van der Waals surface area (Å²) in [6, 6.07) is 23.4. The molecule has 2 aliphatic rings. The molecule has 1 aliphatic heterocycles. The Morgan fingerprint density at radius 2 is 1.82 bits per heavy atom. The molecule has 3 aromatic carbocycles. The normalized spacial score (nSPS) is 18.4. The van der Waals surface area contributed by atoms with Crippen molar-refractivity contribution in [2.75, 3.05) is 0 Å². The van der Waals surface area contributed by atoms with Crippen LogP contribution in [-0.2, 0) is 11.2 Å². The van der Waals surface area contributed by atoms with Crippen LogP contribution in [0.5, 0.6) is 17.2 Å². The van der Waals surface area contributed by atoms with E-state index in [1.165, 1.54) is 11.9 Å². The minimum absolute atomic E-state index is 0.0288. The molecule has 168 valence electrons. The van der Waals surface area contributed by atoms with Crippen LogP contribution in [0.25, 0.3) is 0 Å². The van der Waals surface area contributed by atoms with E-state index in [1.54, 1.807) is 12.1 Å². The van der Waals surface area contributed by atoms with Gasteiger partial charge in [-0.1, -0.05) is 44.2 Å². The zero-order valence-electron chi connectivity index (χ0n) is 18.7. The van der Waals surface area contributed by atoms with E-state index in [9.17, 15) is 4.79 Å². The largest absolute Gasteiger partial charge is 0.486 e. The third kappa shape index (κ3) is 5.15. The number of nitrogens with zero attached hydrogens (tertiary/aromatic N) is 1. The van der Waals surface area contributed by atoms with Gasteiger partial charge in [-0.05, 0) is 72.3 Å². The molecule has 2 atom stereocenters. The van der Waals surface area contributed by atoms with Gasteiger partial charge in [-0.3, -0.25) is 9.52 Å². The van der Waals surface area contributed by atoms with Crippen LogP contribution < -0.4 is 14.2 Å². The molecular weight excluding hydrogens is 432 g/mol. The van der Waals surface area contributed by atoms with E-state index in [4.69, 9.17) is 14.7 Å². The van der Waals surface area contributed by atoms with Crippen LogP contribution in [0.4, 0.5) is 0 Å². The Balaban J connectivity index is 0.00000126. The molecule has 1 fully saturated rings. The first kappa shape index (κ1) is 22.8. The molecule has 0 spiro atoms. The number of carbonyl (C=O) groups is 1. The van der Waals surface area contributed by atoms with Crippen molar-refractivity contribution in [3.63, 3.8) is 0 Å². The minimum atomic E-state index is -0.0288. The first-order valence-corrected chi connectivity index (χ1v) is 12.1. The summed E-state index contributed by atoms with van der Waals surface area (Å²) in [6.45, 7) is 4.00. The van der Waals surface area contributed by atoms with Crippen LogP contribution >= 0.6 is 11.9 Å². The smallest absolute Gasteiger partial charge is 0.231 e. The topological polar surface area (TPSA) is 71.3 Å². The molecule has 1 heterocycles. The van der Waals surface area contributed by atoms with Crippen LogP contribution in [-0.4, -0.2) is 5.91 Å². The van der Waals surface area contributed by atoms with Crippen LogP contribution in [0.15, 0.2) is 66.7 Å². The van der Waals surface area contributed by atoms with E-state index in [2.05, 4.69) is 16.9 Å². The molecule has 1 N–H and O–H groups in total. The highest BCUT2D eigenvalue weighted by molar-refractivity contribution is 7.98. The molecule has 0 saturated carbocycles. The lowest BCUT2D eigenvalue weighted by atomic mass is 10.1. The highest BCUT2D eigenvalue weighted by Crippen LogP contribution is 2.41. The van der Waals surface area contributed by atoms with Gasteiger partial charge in [0, 0.05) is 12.0 Å². The molecule has 5 rings (SSSR count). The monoisotopic (exact) mass is 458 g/mol. The number of hydrogen-bond acceptors (Lipinski definition) is 5. The maximum Gasteiger partial charge on any atom is 0.231 e. The molecule has 1 saturated heterocycles. The van der Waals surface area contributed by atoms with Gasteiger partial charge in [-0.15, -0.1) is 0 Å². The number of hydrogen-bond donors (Lipinski definition) is 1. The SMILES string of the molecule is CC.N#Cc1cccc(Oc2cccc3c2CCC3Oc2ccc(C3CC(=O)NS3)cc2)c1. The molecule has 3 aromatic rings. The van der Waals surface area contributed by atoms with E-state index in [-0.39, 0.29) is 17.3 Å². The van der Waals surface area contributed by atoms with Gasteiger partial charge in [0.1, 0.15) is 23.4 Å². The number of carbonyl (C=O) groups excluding carboxylic acids is 1. The first-order valence-electron chi connectivity index (χ1n) is 11.2. The second-order valence-corrected chi connectivity index (χ2v) is 8.62. The van der Waals surface area contributed by atoms with E-state index in [1.807, 2.05) is 62.4 Å². The summed E-state index contributed by atoms with van der Waals surface area (Å²) in [7, 11) is 0. The van der Waals surface area contributed by atoms with Gasteiger partial charge in [0.2, 0.25) is 5.91 Å². The van der Waals surface area contributed by atoms with Gasteiger partial charge < -0.3 is 9.47 Å². The second kappa shape index (κ2) is 10.5. The predicted octanol–water partition coefficient (Wildman–Crippen LogP) is 6.65. The maximum atomic E-state index is 11.4. The number of ether oxygens (including phenoxy) is 2. The molecule has 33 heavy (non-hydrogen) atoms. The summed E-state index contributed by atoms with van der Waals surface area (Å²) < 4.78 is 15.2. The Hall–Kier alpha value is -3.43. The van der Waals surface area contributed by atoms with Crippen molar-refractivity contribution in [3.8, 4) is 23.3 Å². The lowest BCUT2D eigenvalue weighted by molar-refractivity contribution is -0.118. The summed E-state index contributed by atoms with van der Waals surface area (Å²) in [6.07, 6.45) is 2.24. The van der Waals surface area contributed by atoms with Crippen molar-refractivity contribution in [1.82, 2.24) is 4.72 Å². The van der Waals surface area contributed by atoms with E-state index in [0.717, 1.165) is 41.0 Å². The van der Waals surface area contributed by atoms with Crippen LogP contribution in [0.1, 0.15) is 60.3 Å². The van der Waals surface area contributed by atoms with Gasteiger partial charge in [0.15, 0.2) is 0 Å². The number of rotatable bonds is 5. The third-order valence-corrected chi connectivity index (χ3v) is 6.65. The van der Waals surface area contributed by atoms with Crippen molar-refractivity contribution in [3.05, 3.63) is 89.0 Å². The Morgan fingerprint density at radius 3 is 2.55 bits per heavy atom. The zero-order valence-corrected chi connectivity index (χ0v) is 19.5. The number of nitrogens with one attached hydrogen (secondary N) is 1. The molecular formula is C27H26N2O3S. The van der Waals surface area contributed by atoms with Gasteiger partial charge in [0.25, 0.3) is 0 Å². The Kier molecular flexibility index (Phi) is 7.21. The molecule has 5 nitrogen and oxygen atoms in total. The maximum absolute atomic E-state index is 11.4. The highest BCUT2D eigenvalue weighted by Gasteiger charge is 2.28. The summed E-state index contributed by atoms with van der Waals surface area (Å²) in [4.78, 5) is 11.4. The Bertz CT molecular complexity index is 1170. The van der Waals surface area contributed by atoms with Crippen molar-refractivity contribution in [2.24, 2.45) is 0 Å². The van der Waals surface area contributed by atoms with Crippen molar-refractivity contribution < 1.29 is 14.3 Å². The fourth-order valence-corrected chi connectivity index (χ4v) is 4.94. The fraction of sp³-hybridized carbons (Fsp3) is 0.259. The minimum Gasteiger partial charge on any atom is -0.486 e. The molecule has 0 radical (unpaired) electrons. The average molecular weight is 459 g/mol. The molecule has 2 unspecified atom stereocenters. The summed E-state index contributed by atoms with van der Waals surface area (Å²) >= 11 is 1.47. The zero-order chi connectivity index (χ0) is 23.2. The van der Waals surface area contributed by atoms with Crippen LogP contribution in [0.2, 0.25) is 0 Å². The van der Waals surface area contributed by atoms with Crippen molar-refractivity contribution >= 4 is 17.9 Å². The van der Waals surface area contributed by atoms with Gasteiger partial charge in [-0.25, -0.2) is 0 Å². The summed E-state index contributed by atoms with van der Waals surface area (Å²) in [5, 5.41) is 9.27. The quantitative estimate of drug-likeness (QED) is 0.433. The molecule has 0 aromatic heterocycles. The summed E-state index contributed by atoms with van der Waals surface area (Å²) in [5.41, 5.74) is 3.99. The molecule has 6 heteroatoms. The highest BCUT2D eigenvalue weighted by atomic mass is 32.2. The predicted molar refractivity (Wildman–Crippen MR) is 130 cm³/mol. The number of nitriles is 1. The second-order valence-electron chi connectivity index (χ2n) is 7.62. The van der Waals surface area contributed by atoms with Crippen molar-refractivity contribution in [1.29, 1.82) is 5.26 Å². The Labute approximate surface area is 198 Å². The third-order valence-electron chi connectivity index (χ3n) is 5.58. The average Bonchev–Trinajstić information content (AvgIpc) is 3.48. The lowest BCUT2D eigenvalue weighted by Gasteiger charge is -2.17. The van der Waals surface area contributed by atoms with Crippen LogP contribution in [0.3, 0.4) is 0 Å². The lowest BCUT2D eigenvalue weighted by Crippen LogP contribution is -2.05. The van der Waals surface area contributed by atoms with Gasteiger partial charge >= 0.3 is 0 Å². The van der Waals surface area contributed by atoms with E-state index < -0.39 is 0 Å². The van der Waals surface area contributed by atoms with E-state index >= 15 is 0 Å². The standard InChI is InChI=1S/C25H20N2O3S.C2H6/c26-15-16-3-1-4-19(13-16)30-22-6-2-5-20-21(22)11-12-23(20)29-18-9-7-17(8-10-18)24-14-25(28)27-31-24;1-2/h1-10,13,23-24H,11-12,14H2,(H,27,28);1-2H3. The van der Waals surface area contributed by atoms with Crippen LogP contribution in [0, 0.1) is 11.3 Å². The number of amides is 1. The van der Waals surface area contributed by atoms with Gasteiger partial charge in [-0.2, -0.15) is 5.26 Å².